The molecule has 0 spiro atoms. The zero-order valence-corrected chi connectivity index (χ0v) is 9.46. The number of aromatic nitrogens is 2. The molecule has 0 amide bonds. The number of benzene rings is 1. The average Bonchev–Trinajstić information content (AvgIpc) is 2.81. The van der Waals surface area contributed by atoms with Crippen molar-refractivity contribution in [2.75, 3.05) is 0 Å². The van der Waals surface area contributed by atoms with Crippen molar-refractivity contribution in [1.82, 2.24) is 15.5 Å². The first kappa shape index (κ1) is 12.6. The summed E-state index contributed by atoms with van der Waals surface area (Å²) in [7, 11) is 0. The van der Waals surface area contributed by atoms with E-state index in [1.54, 1.807) is 18.5 Å². The largest absolute Gasteiger partial charge is 0.416 e. The SMILES string of the molecule is FC(F)(F)c1cccc(CNCc2cn[nH]c2)c1. The van der Waals surface area contributed by atoms with Crippen molar-refractivity contribution in [2.24, 2.45) is 0 Å². The molecule has 0 saturated heterocycles. The predicted molar refractivity (Wildman–Crippen MR) is 60.6 cm³/mol. The zero-order chi connectivity index (χ0) is 13.0. The molecule has 1 aromatic carbocycles. The summed E-state index contributed by atoms with van der Waals surface area (Å²) < 4.78 is 37.4. The van der Waals surface area contributed by atoms with Crippen LogP contribution in [0.3, 0.4) is 0 Å². The Kier molecular flexibility index (Phi) is 3.66. The third-order valence-electron chi connectivity index (χ3n) is 2.47. The molecule has 2 aromatic rings. The fourth-order valence-electron chi connectivity index (χ4n) is 1.58. The fourth-order valence-corrected chi connectivity index (χ4v) is 1.58. The molecule has 0 atom stereocenters. The number of rotatable bonds is 4. The quantitative estimate of drug-likeness (QED) is 0.881. The number of H-pyrrole nitrogens is 1. The first-order valence-electron chi connectivity index (χ1n) is 5.40. The summed E-state index contributed by atoms with van der Waals surface area (Å²) in [5.74, 6) is 0. The highest BCUT2D eigenvalue weighted by molar-refractivity contribution is 5.25. The summed E-state index contributed by atoms with van der Waals surface area (Å²) in [6.45, 7) is 0.946. The van der Waals surface area contributed by atoms with Crippen LogP contribution in [0.1, 0.15) is 16.7 Å². The molecular weight excluding hydrogens is 243 g/mol. The summed E-state index contributed by atoms with van der Waals surface area (Å²) in [4.78, 5) is 0. The van der Waals surface area contributed by atoms with E-state index in [0.29, 0.717) is 18.7 Å². The fraction of sp³-hybridized carbons (Fsp3) is 0.250. The van der Waals surface area contributed by atoms with Gasteiger partial charge in [0.05, 0.1) is 11.8 Å². The van der Waals surface area contributed by atoms with Gasteiger partial charge in [-0.2, -0.15) is 18.3 Å². The third kappa shape index (κ3) is 3.33. The third-order valence-corrected chi connectivity index (χ3v) is 2.47. The Labute approximate surface area is 102 Å². The van der Waals surface area contributed by atoms with Crippen molar-refractivity contribution in [3.8, 4) is 0 Å². The van der Waals surface area contributed by atoms with Gasteiger partial charge < -0.3 is 5.32 Å². The normalized spacial score (nSPS) is 11.7. The van der Waals surface area contributed by atoms with Gasteiger partial charge in [0.25, 0.3) is 0 Å². The minimum Gasteiger partial charge on any atom is -0.309 e. The van der Waals surface area contributed by atoms with Crippen LogP contribution in [-0.4, -0.2) is 10.2 Å². The molecule has 0 aliphatic carbocycles. The molecule has 1 heterocycles. The summed E-state index contributed by atoms with van der Waals surface area (Å²) in [5, 5.41) is 9.50. The minimum atomic E-state index is -4.29. The van der Waals surface area contributed by atoms with Gasteiger partial charge in [0.1, 0.15) is 0 Å². The smallest absolute Gasteiger partial charge is 0.309 e. The average molecular weight is 255 g/mol. The number of hydrogen-bond donors (Lipinski definition) is 2. The summed E-state index contributed by atoms with van der Waals surface area (Å²) >= 11 is 0. The van der Waals surface area contributed by atoms with Crippen molar-refractivity contribution >= 4 is 0 Å². The van der Waals surface area contributed by atoms with Gasteiger partial charge in [0.15, 0.2) is 0 Å². The van der Waals surface area contributed by atoms with Crippen molar-refractivity contribution < 1.29 is 13.2 Å². The molecule has 1 aromatic heterocycles. The van der Waals surface area contributed by atoms with Gasteiger partial charge >= 0.3 is 6.18 Å². The Morgan fingerprint density at radius 3 is 2.61 bits per heavy atom. The molecule has 0 saturated carbocycles. The zero-order valence-electron chi connectivity index (χ0n) is 9.46. The second kappa shape index (κ2) is 5.22. The minimum absolute atomic E-state index is 0.384. The number of nitrogens with zero attached hydrogens (tertiary/aromatic N) is 1. The van der Waals surface area contributed by atoms with Crippen LogP contribution < -0.4 is 5.32 Å². The first-order chi connectivity index (χ1) is 8.55. The van der Waals surface area contributed by atoms with Gasteiger partial charge in [-0.3, -0.25) is 5.10 Å². The Hall–Kier alpha value is -1.82. The molecule has 0 aliphatic heterocycles. The maximum Gasteiger partial charge on any atom is 0.416 e. The van der Waals surface area contributed by atoms with Crippen LogP contribution >= 0.6 is 0 Å². The van der Waals surface area contributed by atoms with Gasteiger partial charge in [0, 0.05) is 24.8 Å². The van der Waals surface area contributed by atoms with Gasteiger partial charge in [-0.05, 0) is 11.6 Å². The number of halogens is 3. The highest BCUT2D eigenvalue weighted by Gasteiger charge is 2.30. The monoisotopic (exact) mass is 255 g/mol. The molecule has 96 valence electrons. The van der Waals surface area contributed by atoms with Crippen LogP contribution in [-0.2, 0) is 19.3 Å². The van der Waals surface area contributed by atoms with E-state index in [-0.39, 0.29) is 0 Å². The van der Waals surface area contributed by atoms with Crippen LogP contribution in [0.15, 0.2) is 36.7 Å². The first-order valence-corrected chi connectivity index (χ1v) is 5.40. The second-order valence-electron chi connectivity index (χ2n) is 3.91. The van der Waals surface area contributed by atoms with Crippen molar-refractivity contribution in [3.05, 3.63) is 53.3 Å². The summed E-state index contributed by atoms with van der Waals surface area (Å²) in [5.41, 5.74) is 0.945. The van der Waals surface area contributed by atoms with E-state index in [2.05, 4.69) is 15.5 Å². The number of alkyl halides is 3. The Bertz CT molecular complexity index is 492. The summed E-state index contributed by atoms with van der Waals surface area (Å²) in [6.07, 6.45) is -0.890. The van der Waals surface area contributed by atoms with Crippen molar-refractivity contribution in [1.29, 1.82) is 0 Å². The molecule has 2 rings (SSSR count). The highest BCUT2D eigenvalue weighted by Crippen LogP contribution is 2.29. The highest BCUT2D eigenvalue weighted by atomic mass is 19.4. The molecule has 0 aliphatic rings. The molecule has 0 bridgehead atoms. The van der Waals surface area contributed by atoms with Crippen LogP contribution in [0.4, 0.5) is 13.2 Å². The van der Waals surface area contributed by atoms with E-state index < -0.39 is 11.7 Å². The molecule has 6 heteroatoms. The number of hydrogen-bond acceptors (Lipinski definition) is 2. The molecule has 18 heavy (non-hydrogen) atoms. The van der Waals surface area contributed by atoms with E-state index in [9.17, 15) is 13.2 Å². The second-order valence-corrected chi connectivity index (χ2v) is 3.91. The molecule has 3 nitrogen and oxygen atoms in total. The Morgan fingerprint density at radius 1 is 1.17 bits per heavy atom. The Balaban J connectivity index is 1.93. The van der Waals surface area contributed by atoms with Crippen molar-refractivity contribution in [3.63, 3.8) is 0 Å². The van der Waals surface area contributed by atoms with E-state index in [1.165, 1.54) is 6.07 Å². The van der Waals surface area contributed by atoms with Gasteiger partial charge in [-0.15, -0.1) is 0 Å². The molecule has 0 radical (unpaired) electrons. The molecular formula is C12H12F3N3. The topological polar surface area (TPSA) is 40.7 Å². The maximum absolute atomic E-state index is 12.5. The van der Waals surface area contributed by atoms with Crippen molar-refractivity contribution in [2.45, 2.75) is 19.3 Å². The Morgan fingerprint density at radius 2 is 1.94 bits per heavy atom. The lowest BCUT2D eigenvalue weighted by atomic mass is 10.1. The maximum atomic E-state index is 12.5. The van der Waals surface area contributed by atoms with Crippen LogP contribution in [0.25, 0.3) is 0 Å². The molecule has 0 unspecified atom stereocenters. The van der Waals surface area contributed by atoms with E-state index in [4.69, 9.17) is 0 Å². The number of aromatic amines is 1. The number of nitrogens with one attached hydrogen (secondary N) is 2. The van der Waals surface area contributed by atoms with Gasteiger partial charge in [-0.25, -0.2) is 0 Å². The van der Waals surface area contributed by atoms with E-state index >= 15 is 0 Å². The molecule has 0 fully saturated rings. The van der Waals surface area contributed by atoms with Gasteiger partial charge in [0.2, 0.25) is 0 Å². The van der Waals surface area contributed by atoms with E-state index in [0.717, 1.165) is 17.7 Å². The predicted octanol–water partition coefficient (Wildman–Crippen LogP) is 2.72. The summed E-state index contributed by atoms with van der Waals surface area (Å²) in [6, 6.07) is 5.30. The standard InChI is InChI=1S/C12H12F3N3/c13-12(14,15)11-3-1-2-9(4-11)5-16-6-10-7-17-18-8-10/h1-4,7-8,16H,5-6H2,(H,17,18). The van der Waals surface area contributed by atoms with Crippen LogP contribution in [0, 0.1) is 0 Å². The lowest BCUT2D eigenvalue weighted by molar-refractivity contribution is -0.137. The van der Waals surface area contributed by atoms with Crippen LogP contribution in [0.5, 0.6) is 0 Å². The lowest BCUT2D eigenvalue weighted by Gasteiger charge is -2.09. The van der Waals surface area contributed by atoms with Crippen LogP contribution in [0.2, 0.25) is 0 Å². The van der Waals surface area contributed by atoms with Gasteiger partial charge in [-0.1, -0.05) is 18.2 Å². The van der Waals surface area contributed by atoms with E-state index in [1.807, 2.05) is 0 Å². The molecule has 2 N–H and O–H groups in total. The lowest BCUT2D eigenvalue weighted by Crippen LogP contribution is -2.13.